The standard InChI is InChI=1S/C15H20N2O5S/c1-2-8-16-23(20,21)13-5-3-4-11(9-13)15(19)22-10-14(18)17-12-6-7-12/h3-5,9,12,16H,2,6-8,10H2,1H3,(H,17,18). The first-order chi connectivity index (χ1) is 10.9. The van der Waals surface area contributed by atoms with E-state index in [2.05, 4.69) is 10.0 Å². The van der Waals surface area contributed by atoms with Gasteiger partial charge in [0, 0.05) is 12.6 Å². The van der Waals surface area contributed by atoms with E-state index in [0.717, 1.165) is 12.8 Å². The number of esters is 1. The Hall–Kier alpha value is -1.93. The molecule has 0 atom stereocenters. The Morgan fingerprint density at radius 3 is 2.70 bits per heavy atom. The predicted molar refractivity (Wildman–Crippen MR) is 83.4 cm³/mol. The van der Waals surface area contributed by atoms with Crippen LogP contribution in [0.3, 0.4) is 0 Å². The van der Waals surface area contributed by atoms with Crippen molar-refractivity contribution in [2.45, 2.75) is 37.1 Å². The molecule has 0 saturated heterocycles. The molecule has 1 aliphatic rings. The molecule has 126 valence electrons. The molecule has 2 rings (SSSR count). The van der Waals surface area contributed by atoms with E-state index < -0.39 is 16.0 Å². The second-order valence-corrected chi connectivity index (χ2v) is 7.11. The Labute approximate surface area is 135 Å². The summed E-state index contributed by atoms with van der Waals surface area (Å²) in [6.07, 6.45) is 2.56. The fourth-order valence-corrected chi connectivity index (χ4v) is 3.00. The van der Waals surface area contributed by atoms with Crippen molar-refractivity contribution in [3.05, 3.63) is 29.8 Å². The quantitative estimate of drug-likeness (QED) is 0.682. The number of sulfonamides is 1. The largest absolute Gasteiger partial charge is 0.452 e. The highest BCUT2D eigenvalue weighted by Gasteiger charge is 2.24. The van der Waals surface area contributed by atoms with E-state index in [4.69, 9.17) is 4.74 Å². The average molecular weight is 340 g/mol. The third kappa shape index (κ3) is 5.33. The van der Waals surface area contributed by atoms with Gasteiger partial charge in [0.15, 0.2) is 6.61 Å². The van der Waals surface area contributed by atoms with Gasteiger partial charge in [-0.2, -0.15) is 0 Å². The normalized spacial score (nSPS) is 14.3. The molecule has 23 heavy (non-hydrogen) atoms. The first-order valence-electron chi connectivity index (χ1n) is 7.48. The summed E-state index contributed by atoms with van der Waals surface area (Å²) in [6, 6.07) is 5.73. The second kappa shape index (κ2) is 7.56. The molecule has 1 aromatic rings. The van der Waals surface area contributed by atoms with Crippen molar-refractivity contribution in [3.8, 4) is 0 Å². The van der Waals surface area contributed by atoms with E-state index in [1.54, 1.807) is 0 Å². The smallest absolute Gasteiger partial charge is 0.338 e. The van der Waals surface area contributed by atoms with Crippen LogP contribution in [0.25, 0.3) is 0 Å². The minimum atomic E-state index is -3.65. The summed E-state index contributed by atoms with van der Waals surface area (Å²) in [7, 11) is -3.65. The molecule has 0 bridgehead atoms. The zero-order valence-electron chi connectivity index (χ0n) is 12.9. The van der Waals surface area contributed by atoms with Crippen molar-refractivity contribution >= 4 is 21.9 Å². The van der Waals surface area contributed by atoms with E-state index in [-0.39, 0.29) is 29.0 Å². The summed E-state index contributed by atoms with van der Waals surface area (Å²) in [4.78, 5) is 23.4. The average Bonchev–Trinajstić information content (AvgIpc) is 3.34. The van der Waals surface area contributed by atoms with Crippen LogP contribution in [0.4, 0.5) is 0 Å². The van der Waals surface area contributed by atoms with Crippen LogP contribution in [0, 0.1) is 0 Å². The molecule has 2 N–H and O–H groups in total. The lowest BCUT2D eigenvalue weighted by molar-refractivity contribution is -0.124. The van der Waals surface area contributed by atoms with Gasteiger partial charge in [-0.05, 0) is 37.5 Å². The fraction of sp³-hybridized carbons (Fsp3) is 0.467. The maximum atomic E-state index is 12.0. The molecule has 1 fully saturated rings. The van der Waals surface area contributed by atoms with Crippen LogP contribution in [-0.2, 0) is 19.6 Å². The summed E-state index contributed by atoms with van der Waals surface area (Å²) >= 11 is 0. The molecular weight excluding hydrogens is 320 g/mol. The van der Waals surface area contributed by atoms with Crippen molar-refractivity contribution < 1.29 is 22.7 Å². The number of amides is 1. The van der Waals surface area contributed by atoms with Crippen molar-refractivity contribution in [3.63, 3.8) is 0 Å². The van der Waals surface area contributed by atoms with Gasteiger partial charge in [-0.1, -0.05) is 13.0 Å². The van der Waals surface area contributed by atoms with Crippen LogP contribution in [0.5, 0.6) is 0 Å². The number of hydrogen-bond acceptors (Lipinski definition) is 5. The van der Waals surface area contributed by atoms with Crippen molar-refractivity contribution in [1.82, 2.24) is 10.0 Å². The molecule has 0 spiro atoms. The molecule has 0 heterocycles. The highest BCUT2D eigenvalue weighted by atomic mass is 32.2. The molecule has 1 amide bonds. The van der Waals surface area contributed by atoms with Gasteiger partial charge in [-0.3, -0.25) is 4.79 Å². The van der Waals surface area contributed by atoms with Gasteiger partial charge >= 0.3 is 5.97 Å². The van der Waals surface area contributed by atoms with Crippen LogP contribution in [0.2, 0.25) is 0 Å². The van der Waals surface area contributed by atoms with E-state index in [1.165, 1.54) is 24.3 Å². The van der Waals surface area contributed by atoms with Gasteiger partial charge in [0.2, 0.25) is 10.0 Å². The third-order valence-electron chi connectivity index (χ3n) is 3.20. The van der Waals surface area contributed by atoms with Crippen LogP contribution in [0.1, 0.15) is 36.5 Å². The maximum Gasteiger partial charge on any atom is 0.338 e. The van der Waals surface area contributed by atoms with E-state index in [1.807, 2.05) is 6.92 Å². The molecule has 8 heteroatoms. The second-order valence-electron chi connectivity index (χ2n) is 5.34. The van der Waals surface area contributed by atoms with Crippen LogP contribution in [0.15, 0.2) is 29.2 Å². The number of benzene rings is 1. The zero-order valence-corrected chi connectivity index (χ0v) is 13.7. The van der Waals surface area contributed by atoms with Gasteiger partial charge < -0.3 is 10.1 Å². The van der Waals surface area contributed by atoms with Crippen molar-refractivity contribution in [2.24, 2.45) is 0 Å². The van der Waals surface area contributed by atoms with Crippen LogP contribution >= 0.6 is 0 Å². The minimum Gasteiger partial charge on any atom is -0.452 e. The van der Waals surface area contributed by atoms with Gasteiger partial charge in [-0.25, -0.2) is 17.9 Å². The number of nitrogens with one attached hydrogen (secondary N) is 2. The first-order valence-corrected chi connectivity index (χ1v) is 8.97. The number of ether oxygens (including phenoxy) is 1. The number of carbonyl (C=O) groups excluding carboxylic acids is 2. The van der Waals surface area contributed by atoms with E-state index in [0.29, 0.717) is 13.0 Å². The summed E-state index contributed by atoms with van der Waals surface area (Å²) in [5, 5.41) is 2.70. The molecule has 0 radical (unpaired) electrons. The number of carbonyl (C=O) groups is 2. The predicted octanol–water partition coefficient (Wildman–Crippen LogP) is 0.810. The highest BCUT2D eigenvalue weighted by Crippen LogP contribution is 2.18. The Bertz CT molecular complexity index is 683. The third-order valence-corrected chi connectivity index (χ3v) is 4.66. The molecular formula is C15H20N2O5S. The van der Waals surface area contributed by atoms with Gasteiger partial charge in [0.25, 0.3) is 5.91 Å². The summed E-state index contributed by atoms with van der Waals surface area (Å²) in [5.41, 5.74) is 0.0867. The number of rotatable bonds is 8. The lowest BCUT2D eigenvalue weighted by Gasteiger charge is -2.08. The Kier molecular flexibility index (Phi) is 5.73. The summed E-state index contributed by atoms with van der Waals surface area (Å²) in [6.45, 7) is 1.79. The van der Waals surface area contributed by atoms with Crippen LogP contribution < -0.4 is 10.0 Å². The Morgan fingerprint density at radius 2 is 2.04 bits per heavy atom. The molecule has 1 saturated carbocycles. The zero-order chi connectivity index (χ0) is 16.9. The van der Waals surface area contributed by atoms with E-state index in [9.17, 15) is 18.0 Å². The molecule has 0 aliphatic heterocycles. The lowest BCUT2D eigenvalue weighted by Crippen LogP contribution is -2.30. The maximum absolute atomic E-state index is 12.0. The molecule has 1 aliphatic carbocycles. The first kappa shape index (κ1) is 17.4. The van der Waals surface area contributed by atoms with Gasteiger partial charge in [-0.15, -0.1) is 0 Å². The minimum absolute atomic E-state index is 0.0113. The van der Waals surface area contributed by atoms with Gasteiger partial charge in [0.1, 0.15) is 0 Å². The summed E-state index contributed by atoms with van der Waals surface area (Å²) < 4.78 is 31.4. The molecule has 0 unspecified atom stereocenters. The van der Waals surface area contributed by atoms with Gasteiger partial charge in [0.05, 0.1) is 10.5 Å². The Morgan fingerprint density at radius 1 is 1.30 bits per heavy atom. The SMILES string of the molecule is CCCNS(=O)(=O)c1cccc(C(=O)OCC(=O)NC2CC2)c1. The lowest BCUT2D eigenvalue weighted by atomic mass is 10.2. The van der Waals surface area contributed by atoms with Crippen molar-refractivity contribution in [1.29, 1.82) is 0 Å². The Balaban J connectivity index is 1.97. The van der Waals surface area contributed by atoms with Crippen LogP contribution in [-0.4, -0.2) is 39.5 Å². The number of hydrogen-bond donors (Lipinski definition) is 2. The van der Waals surface area contributed by atoms with Crippen molar-refractivity contribution in [2.75, 3.05) is 13.2 Å². The topological polar surface area (TPSA) is 102 Å². The molecule has 0 aromatic heterocycles. The van der Waals surface area contributed by atoms with E-state index >= 15 is 0 Å². The fourth-order valence-electron chi connectivity index (χ4n) is 1.82. The highest BCUT2D eigenvalue weighted by molar-refractivity contribution is 7.89. The molecule has 7 nitrogen and oxygen atoms in total. The summed E-state index contributed by atoms with van der Waals surface area (Å²) in [5.74, 6) is -1.09. The molecule has 1 aromatic carbocycles. The monoisotopic (exact) mass is 340 g/mol.